The van der Waals surface area contributed by atoms with E-state index in [4.69, 9.17) is 5.73 Å². The molecule has 17 heavy (non-hydrogen) atoms. The number of halogens is 3. The van der Waals surface area contributed by atoms with E-state index in [1.807, 2.05) is 13.8 Å². The molecule has 4 heteroatoms. The summed E-state index contributed by atoms with van der Waals surface area (Å²) in [6.07, 6.45) is -2.81. The fraction of sp³-hybridized carbons (Fsp3) is 0.538. The van der Waals surface area contributed by atoms with Gasteiger partial charge in [0.1, 0.15) is 0 Å². The zero-order chi connectivity index (χ0) is 13.1. The molecular formula is C13H18F3N. The van der Waals surface area contributed by atoms with E-state index in [-0.39, 0.29) is 12.0 Å². The van der Waals surface area contributed by atoms with E-state index in [0.29, 0.717) is 12.0 Å². The molecule has 1 aromatic rings. The van der Waals surface area contributed by atoms with Crippen LogP contribution in [0.15, 0.2) is 24.3 Å². The molecule has 1 rings (SSSR count). The van der Waals surface area contributed by atoms with Gasteiger partial charge in [0.25, 0.3) is 0 Å². The van der Waals surface area contributed by atoms with E-state index in [9.17, 15) is 13.2 Å². The Balaban J connectivity index is 2.85. The van der Waals surface area contributed by atoms with Crippen LogP contribution >= 0.6 is 0 Å². The van der Waals surface area contributed by atoms with Gasteiger partial charge in [-0.1, -0.05) is 31.5 Å². The van der Waals surface area contributed by atoms with Crippen molar-refractivity contribution in [2.75, 3.05) is 0 Å². The van der Waals surface area contributed by atoms with Gasteiger partial charge in [0.2, 0.25) is 0 Å². The highest BCUT2D eigenvalue weighted by Gasteiger charge is 2.30. The van der Waals surface area contributed by atoms with Crippen LogP contribution in [-0.2, 0) is 12.6 Å². The zero-order valence-corrected chi connectivity index (χ0v) is 10.1. The second-order valence-electron chi connectivity index (χ2n) is 4.43. The van der Waals surface area contributed by atoms with E-state index < -0.39 is 11.7 Å². The molecule has 2 N–H and O–H groups in total. The Labute approximate surface area is 99.8 Å². The normalized spacial score (nSPS) is 15.6. The lowest BCUT2D eigenvalue weighted by Gasteiger charge is -2.19. The van der Waals surface area contributed by atoms with Crippen LogP contribution in [0.5, 0.6) is 0 Å². The Morgan fingerprint density at radius 2 is 1.94 bits per heavy atom. The van der Waals surface area contributed by atoms with E-state index in [2.05, 4.69) is 0 Å². The van der Waals surface area contributed by atoms with Gasteiger partial charge >= 0.3 is 6.18 Å². The van der Waals surface area contributed by atoms with E-state index in [1.165, 1.54) is 12.1 Å². The third kappa shape index (κ3) is 4.04. The summed E-state index contributed by atoms with van der Waals surface area (Å²) in [4.78, 5) is 0. The quantitative estimate of drug-likeness (QED) is 0.861. The Morgan fingerprint density at radius 3 is 2.41 bits per heavy atom. The molecule has 0 aliphatic rings. The number of benzene rings is 1. The zero-order valence-electron chi connectivity index (χ0n) is 10.1. The summed E-state index contributed by atoms with van der Waals surface area (Å²) >= 11 is 0. The van der Waals surface area contributed by atoms with Gasteiger partial charge < -0.3 is 5.73 Å². The number of alkyl halides is 3. The van der Waals surface area contributed by atoms with Crippen LogP contribution in [0.2, 0.25) is 0 Å². The van der Waals surface area contributed by atoms with Crippen LogP contribution in [0.1, 0.15) is 31.4 Å². The van der Waals surface area contributed by atoms with E-state index in [0.717, 1.165) is 12.5 Å². The number of hydrogen-bond donors (Lipinski definition) is 1. The third-order valence-corrected chi connectivity index (χ3v) is 3.02. The topological polar surface area (TPSA) is 26.0 Å². The van der Waals surface area contributed by atoms with Crippen molar-refractivity contribution in [2.45, 2.75) is 38.9 Å². The molecule has 0 aromatic heterocycles. The minimum Gasteiger partial charge on any atom is -0.328 e. The molecular weight excluding hydrogens is 227 g/mol. The summed E-state index contributed by atoms with van der Waals surface area (Å²) in [7, 11) is 0. The lowest BCUT2D eigenvalue weighted by atomic mass is 9.91. The lowest BCUT2D eigenvalue weighted by molar-refractivity contribution is -0.137. The van der Waals surface area contributed by atoms with Crippen molar-refractivity contribution >= 4 is 0 Å². The van der Waals surface area contributed by atoms with Crippen molar-refractivity contribution in [3.8, 4) is 0 Å². The maximum atomic E-state index is 12.5. The monoisotopic (exact) mass is 245 g/mol. The largest absolute Gasteiger partial charge is 0.416 e. The second-order valence-corrected chi connectivity index (χ2v) is 4.43. The fourth-order valence-electron chi connectivity index (χ4n) is 1.88. The van der Waals surface area contributed by atoms with Crippen molar-refractivity contribution in [3.05, 3.63) is 35.4 Å². The van der Waals surface area contributed by atoms with E-state index >= 15 is 0 Å². The molecule has 0 bridgehead atoms. The highest BCUT2D eigenvalue weighted by Crippen LogP contribution is 2.30. The van der Waals surface area contributed by atoms with Gasteiger partial charge in [0.15, 0.2) is 0 Å². The van der Waals surface area contributed by atoms with Gasteiger partial charge in [-0.05, 0) is 30.9 Å². The molecule has 0 spiro atoms. The summed E-state index contributed by atoms with van der Waals surface area (Å²) < 4.78 is 37.6. The van der Waals surface area contributed by atoms with Crippen LogP contribution < -0.4 is 5.73 Å². The molecule has 0 aliphatic carbocycles. The number of rotatable bonds is 4. The van der Waals surface area contributed by atoms with Crippen LogP contribution in [0, 0.1) is 5.92 Å². The van der Waals surface area contributed by atoms with Crippen molar-refractivity contribution in [2.24, 2.45) is 11.7 Å². The van der Waals surface area contributed by atoms with Gasteiger partial charge in [-0.25, -0.2) is 0 Å². The predicted molar refractivity (Wildman–Crippen MR) is 62.6 cm³/mol. The van der Waals surface area contributed by atoms with Crippen molar-refractivity contribution in [1.29, 1.82) is 0 Å². The second kappa shape index (κ2) is 5.54. The van der Waals surface area contributed by atoms with Gasteiger partial charge in [-0.3, -0.25) is 0 Å². The summed E-state index contributed by atoms with van der Waals surface area (Å²) in [6.45, 7) is 3.89. The Bertz CT molecular complexity index is 358. The van der Waals surface area contributed by atoms with Crippen molar-refractivity contribution in [3.63, 3.8) is 0 Å². The van der Waals surface area contributed by atoms with Crippen LogP contribution in [0.25, 0.3) is 0 Å². The first-order valence-electron chi connectivity index (χ1n) is 5.76. The summed E-state index contributed by atoms with van der Waals surface area (Å²) in [6, 6.07) is 5.47. The van der Waals surface area contributed by atoms with Gasteiger partial charge in [0.05, 0.1) is 5.56 Å². The molecule has 0 radical (unpaired) electrons. The van der Waals surface area contributed by atoms with Crippen LogP contribution in [-0.4, -0.2) is 6.04 Å². The molecule has 0 saturated heterocycles. The van der Waals surface area contributed by atoms with Crippen LogP contribution in [0.3, 0.4) is 0 Å². The number of hydrogen-bond acceptors (Lipinski definition) is 1. The predicted octanol–water partition coefficient (Wildman–Crippen LogP) is 3.62. The summed E-state index contributed by atoms with van der Waals surface area (Å²) in [5, 5.41) is 0. The minimum atomic E-state index is -4.27. The number of nitrogens with two attached hydrogens (primary N) is 1. The third-order valence-electron chi connectivity index (χ3n) is 3.02. The molecule has 0 heterocycles. The average molecular weight is 245 g/mol. The Hall–Kier alpha value is -1.03. The molecule has 2 atom stereocenters. The smallest absolute Gasteiger partial charge is 0.328 e. The van der Waals surface area contributed by atoms with Crippen molar-refractivity contribution in [1.82, 2.24) is 0 Å². The van der Waals surface area contributed by atoms with E-state index in [1.54, 1.807) is 6.07 Å². The van der Waals surface area contributed by atoms with Gasteiger partial charge in [-0.15, -0.1) is 0 Å². The first-order valence-corrected chi connectivity index (χ1v) is 5.76. The maximum absolute atomic E-state index is 12.5. The molecule has 0 aliphatic heterocycles. The molecule has 0 saturated carbocycles. The van der Waals surface area contributed by atoms with Crippen LogP contribution in [0.4, 0.5) is 13.2 Å². The standard InChI is InChI=1S/C13H18F3N/c1-3-11(9(2)17)7-10-5-4-6-12(8-10)13(14,15)16/h4-6,8-9,11H,3,7,17H2,1-2H3. The molecule has 0 amide bonds. The van der Waals surface area contributed by atoms with Gasteiger partial charge in [-0.2, -0.15) is 13.2 Å². The van der Waals surface area contributed by atoms with Gasteiger partial charge in [0, 0.05) is 6.04 Å². The highest BCUT2D eigenvalue weighted by molar-refractivity contribution is 5.26. The maximum Gasteiger partial charge on any atom is 0.416 e. The SMILES string of the molecule is CCC(Cc1cccc(C(F)(F)F)c1)C(C)N. The molecule has 1 nitrogen and oxygen atoms in total. The first kappa shape index (κ1) is 14.0. The molecule has 2 unspecified atom stereocenters. The fourth-order valence-corrected chi connectivity index (χ4v) is 1.88. The first-order chi connectivity index (χ1) is 7.84. The Morgan fingerprint density at radius 1 is 1.29 bits per heavy atom. The summed E-state index contributed by atoms with van der Waals surface area (Å²) in [5.41, 5.74) is 5.91. The minimum absolute atomic E-state index is 0.00505. The lowest BCUT2D eigenvalue weighted by Crippen LogP contribution is -2.27. The Kier molecular flexibility index (Phi) is 4.57. The molecule has 0 fully saturated rings. The summed E-state index contributed by atoms with van der Waals surface area (Å²) in [5.74, 6) is 0.221. The van der Waals surface area contributed by atoms with Crippen molar-refractivity contribution < 1.29 is 13.2 Å². The molecule has 96 valence electrons. The average Bonchev–Trinajstić information content (AvgIpc) is 2.24. The highest BCUT2D eigenvalue weighted by atomic mass is 19.4. The molecule has 1 aromatic carbocycles.